The number of phosphoric acid groups is 1. The van der Waals surface area contributed by atoms with E-state index in [-0.39, 0.29) is 19.4 Å². The van der Waals surface area contributed by atoms with E-state index in [0.717, 1.165) is 25.7 Å². The summed E-state index contributed by atoms with van der Waals surface area (Å²) in [5.41, 5.74) is 0. The summed E-state index contributed by atoms with van der Waals surface area (Å²) in [5, 5.41) is 18.0. The van der Waals surface area contributed by atoms with Gasteiger partial charge in [0.1, 0.15) is 12.7 Å². The summed E-state index contributed by atoms with van der Waals surface area (Å²) < 4.78 is 31.8. The van der Waals surface area contributed by atoms with Crippen LogP contribution in [0.2, 0.25) is 0 Å². The second-order valence-electron chi connectivity index (χ2n) is 10.5. The highest BCUT2D eigenvalue weighted by atomic mass is 31.2. The smallest absolute Gasteiger partial charge is 0.462 e. The number of carbonyl (C=O) groups is 2. The molecule has 11 heteroatoms. The molecule has 3 N–H and O–H groups in total. The Morgan fingerprint density at radius 2 is 1.24 bits per heavy atom. The molecule has 41 heavy (non-hydrogen) atoms. The number of aliphatic hydroxyl groups excluding tert-OH is 2. The van der Waals surface area contributed by atoms with Gasteiger partial charge < -0.3 is 24.6 Å². The molecule has 0 aromatic carbocycles. The molecule has 0 bridgehead atoms. The molecule has 0 aromatic heterocycles. The minimum atomic E-state index is -4.58. The minimum absolute atomic E-state index is 0.179. The molecule has 3 atom stereocenters. The van der Waals surface area contributed by atoms with Gasteiger partial charge in [0.05, 0.1) is 19.8 Å². The molecule has 0 aliphatic heterocycles. The number of hydrogen-bond donors (Lipinski definition) is 3. The molecule has 0 rings (SSSR count). The summed E-state index contributed by atoms with van der Waals surface area (Å²) >= 11 is 0. The van der Waals surface area contributed by atoms with Crippen molar-refractivity contribution in [1.82, 2.24) is 0 Å². The Bertz CT molecular complexity index is 715. The topological polar surface area (TPSA) is 149 Å². The van der Waals surface area contributed by atoms with Gasteiger partial charge in [0.25, 0.3) is 0 Å². The summed E-state index contributed by atoms with van der Waals surface area (Å²) in [6, 6.07) is 0. The van der Waals surface area contributed by atoms with Gasteiger partial charge >= 0.3 is 19.8 Å². The molecule has 242 valence electrons. The van der Waals surface area contributed by atoms with Gasteiger partial charge in [-0.2, -0.15) is 0 Å². The number of unbranched alkanes of at least 4 members (excludes halogenated alkanes) is 13. The van der Waals surface area contributed by atoms with Gasteiger partial charge in [-0.1, -0.05) is 90.2 Å². The zero-order valence-corrected chi connectivity index (χ0v) is 26.4. The Morgan fingerprint density at radius 1 is 0.707 bits per heavy atom. The van der Waals surface area contributed by atoms with Gasteiger partial charge in [0, 0.05) is 12.8 Å². The van der Waals surface area contributed by atoms with E-state index in [2.05, 4.69) is 23.6 Å². The van der Waals surface area contributed by atoms with Crippen molar-refractivity contribution in [3.05, 3.63) is 12.2 Å². The van der Waals surface area contributed by atoms with E-state index in [4.69, 9.17) is 19.1 Å². The van der Waals surface area contributed by atoms with Crippen LogP contribution in [0, 0.1) is 0 Å². The fourth-order valence-corrected chi connectivity index (χ4v) is 4.75. The van der Waals surface area contributed by atoms with Crippen LogP contribution in [0.5, 0.6) is 0 Å². The van der Waals surface area contributed by atoms with E-state index in [9.17, 15) is 24.2 Å². The number of phosphoric ester groups is 1. The van der Waals surface area contributed by atoms with Crippen molar-refractivity contribution in [1.29, 1.82) is 0 Å². The minimum Gasteiger partial charge on any atom is -0.462 e. The molecule has 0 heterocycles. The number of aliphatic hydroxyl groups is 2. The van der Waals surface area contributed by atoms with E-state index < -0.39 is 51.8 Å². The van der Waals surface area contributed by atoms with E-state index in [0.29, 0.717) is 12.8 Å². The zero-order valence-electron chi connectivity index (χ0n) is 25.5. The molecule has 0 saturated carbocycles. The maximum atomic E-state index is 12.3. The molecular weight excluding hydrogens is 551 g/mol. The molecule has 0 amide bonds. The summed E-state index contributed by atoms with van der Waals surface area (Å²) in [6.07, 6.45) is 20.8. The lowest BCUT2D eigenvalue weighted by Gasteiger charge is -2.20. The fraction of sp³-hybridized carbons (Fsp3) is 0.867. The van der Waals surface area contributed by atoms with Crippen LogP contribution in [-0.2, 0) is 32.7 Å². The number of ether oxygens (including phenoxy) is 2. The normalized spacial score (nSPS) is 14.6. The van der Waals surface area contributed by atoms with Crippen LogP contribution in [0.3, 0.4) is 0 Å². The first-order valence-corrected chi connectivity index (χ1v) is 17.1. The van der Waals surface area contributed by atoms with Crippen molar-refractivity contribution in [3.63, 3.8) is 0 Å². The average Bonchev–Trinajstić information content (AvgIpc) is 2.95. The van der Waals surface area contributed by atoms with Crippen LogP contribution in [0.25, 0.3) is 0 Å². The highest BCUT2D eigenvalue weighted by molar-refractivity contribution is 7.47. The van der Waals surface area contributed by atoms with Crippen molar-refractivity contribution in [2.75, 3.05) is 26.4 Å². The van der Waals surface area contributed by atoms with E-state index in [1.807, 2.05) is 6.92 Å². The van der Waals surface area contributed by atoms with Crippen LogP contribution in [-0.4, -0.2) is 65.7 Å². The van der Waals surface area contributed by atoms with Crippen molar-refractivity contribution in [2.24, 2.45) is 0 Å². The molecule has 0 saturated heterocycles. The van der Waals surface area contributed by atoms with Gasteiger partial charge in [-0.3, -0.25) is 18.6 Å². The number of allylic oxidation sites excluding steroid dienone is 2. The first-order chi connectivity index (χ1) is 19.7. The maximum Gasteiger partial charge on any atom is 0.472 e. The summed E-state index contributed by atoms with van der Waals surface area (Å²) in [7, 11) is -4.58. The molecular formula is C30H57O10P. The Balaban J connectivity index is 4.09. The van der Waals surface area contributed by atoms with Crippen LogP contribution >= 0.6 is 7.82 Å². The van der Waals surface area contributed by atoms with Crippen LogP contribution in [0.15, 0.2) is 12.2 Å². The third kappa shape index (κ3) is 27.3. The first-order valence-electron chi connectivity index (χ1n) is 15.6. The average molecular weight is 609 g/mol. The Hall–Kier alpha value is -1.29. The van der Waals surface area contributed by atoms with E-state index >= 15 is 0 Å². The number of hydrogen-bond acceptors (Lipinski definition) is 9. The lowest BCUT2D eigenvalue weighted by atomic mass is 10.1. The van der Waals surface area contributed by atoms with E-state index in [1.54, 1.807) is 0 Å². The Kier molecular flexibility index (Phi) is 26.7. The largest absolute Gasteiger partial charge is 0.472 e. The van der Waals surface area contributed by atoms with Crippen LogP contribution < -0.4 is 0 Å². The lowest BCUT2D eigenvalue weighted by molar-refractivity contribution is -0.161. The molecule has 10 nitrogen and oxygen atoms in total. The first kappa shape index (κ1) is 39.7. The van der Waals surface area contributed by atoms with Gasteiger partial charge in [-0.15, -0.1) is 0 Å². The number of rotatable bonds is 29. The highest BCUT2D eigenvalue weighted by Gasteiger charge is 2.27. The van der Waals surface area contributed by atoms with Gasteiger partial charge in [-0.25, -0.2) is 4.57 Å². The number of esters is 2. The summed E-state index contributed by atoms with van der Waals surface area (Å²) in [4.78, 5) is 33.8. The predicted octanol–water partition coefficient (Wildman–Crippen LogP) is 6.55. The van der Waals surface area contributed by atoms with Crippen molar-refractivity contribution < 1.29 is 47.8 Å². The van der Waals surface area contributed by atoms with Gasteiger partial charge in [0.2, 0.25) is 0 Å². The summed E-state index contributed by atoms with van der Waals surface area (Å²) in [6.45, 7) is 1.94. The third-order valence-corrected chi connectivity index (χ3v) is 7.34. The Morgan fingerprint density at radius 3 is 1.80 bits per heavy atom. The maximum absolute atomic E-state index is 12.3. The quantitative estimate of drug-likeness (QED) is 0.0369. The van der Waals surface area contributed by atoms with Crippen molar-refractivity contribution >= 4 is 19.8 Å². The fourth-order valence-electron chi connectivity index (χ4n) is 3.96. The zero-order chi connectivity index (χ0) is 30.6. The molecule has 0 aromatic rings. The molecule has 0 radical (unpaired) electrons. The molecule has 3 unspecified atom stereocenters. The Labute approximate surface area is 247 Å². The highest BCUT2D eigenvalue weighted by Crippen LogP contribution is 2.43. The van der Waals surface area contributed by atoms with Crippen molar-refractivity contribution in [3.8, 4) is 0 Å². The third-order valence-electron chi connectivity index (χ3n) is 6.39. The lowest BCUT2D eigenvalue weighted by Crippen LogP contribution is -2.29. The monoisotopic (exact) mass is 608 g/mol. The summed E-state index contributed by atoms with van der Waals surface area (Å²) in [5.74, 6) is -0.991. The second kappa shape index (κ2) is 27.5. The number of carbonyl (C=O) groups excluding carboxylic acids is 2. The van der Waals surface area contributed by atoms with E-state index in [1.165, 1.54) is 64.2 Å². The predicted molar refractivity (Wildman–Crippen MR) is 159 cm³/mol. The van der Waals surface area contributed by atoms with Crippen LogP contribution in [0.1, 0.15) is 129 Å². The standard InChI is InChI=1S/C30H57O10P/c1-3-5-6-7-8-9-10-11-12-13-14-15-16-17-18-19-20-22-30(34)40-28(25-37-29(33)21-4-2)26-39-41(35,36)38-24-27(32)23-31/h11-12,27-28,31-32H,3-10,13-26H2,1-2H3,(H,35,36)/b12-11-. The molecule has 0 aliphatic carbocycles. The molecule has 0 aliphatic rings. The second-order valence-corrected chi connectivity index (χ2v) is 11.9. The molecule has 0 fully saturated rings. The van der Waals surface area contributed by atoms with Gasteiger partial charge in [-0.05, 0) is 38.5 Å². The van der Waals surface area contributed by atoms with Crippen molar-refractivity contribution in [2.45, 2.75) is 142 Å². The van der Waals surface area contributed by atoms with Crippen LogP contribution in [0.4, 0.5) is 0 Å². The molecule has 0 spiro atoms. The van der Waals surface area contributed by atoms with Gasteiger partial charge in [0.15, 0.2) is 6.10 Å². The SMILES string of the molecule is CCCCCCCC/C=C\CCCCCCCCCC(=O)OC(COC(=O)CCC)COP(=O)(O)OCC(O)CO.